The maximum atomic E-state index is 6.01. The summed E-state index contributed by atoms with van der Waals surface area (Å²) in [4.78, 5) is 13.2. The number of aromatic nitrogens is 4. The van der Waals surface area contributed by atoms with E-state index in [9.17, 15) is 0 Å². The van der Waals surface area contributed by atoms with Gasteiger partial charge in [0.05, 0.1) is 37.3 Å². The minimum absolute atomic E-state index is 0.284. The van der Waals surface area contributed by atoms with Crippen LogP contribution < -0.4 is 9.80 Å². The Balaban J connectivity index is 1.70. The molecule has 4 rings (SSSR count). The molecule has 4 heterocycles. The van der Waals surface area contributed by atoms with Crippen molar-refractivity contribution in [2.75, 3.05) is 36.1 Å². The molecular formula is C14H17ClN6O. The molecule has 2 aliphatic heterocycles. The summed E-state index contributed by atoms with van der Waals surface area (Å²) in [7, 11) is 1.92. The molecule has 0 saturated carbocycles. The number of rotatable bonds is 2. The van der Waals surface area contributed by atoms with E-state index in [0.29, 0.717) is 12.6 Å². The first-order valence-electron chi connectivity index (χ1n) is 7.30. The van der Waals surface area contributed by atoms with Crippen molar-refractivity contribution in [3.8, 4) is 0 Å². The van der Waals surface area contributed by atoms with Crippen molar-refractivity contribution in [2.45, 2.75) is 12.6 Å². The summed E-state index contributed by atoms with van der Waals surface area (Å²) < 4.78 is 7.44. The Morgan fingerprint density at radius 3 is 3.14 bits per heavy atom. The summed E-state index contributed by atoms with van der Waals surface area (Å²) in [6.45, 7) is 3.93. The monoisotopic (exact) mass is 320 g/mol. The van der Waals surface area contributed by atoms with Gasteiger partial charge in [-0.25, -0.2) is 4.98 Å². The molecule has 0 aliphatic carbocycles. The molecule has 7 nitrogen and oxygen atoms in total. The molecule has 116 valence electrons. The van der Waals surface area contributed by atoms with Gasteiger partial charge < -0.3 is 14.5 Å². The van der Waals surface area contributed by atoms with Crippen molar-refractivity contribution >= 4 is 23.1 Å². The molecule has 2 aliphatic rings. The van der Waals surface area contributed by atoms with Gasteiger partial charge in [-0.1, -0.05) is 0 Å². The maximum Gasteiger partial charge on any atom is 0.224 e. The second-order valence-electron chi connectivity index (χ2n) is 5.67. The summed E-state index contributed by atoms with van der Waals surface area (Å²) in [6, 6.07) is 0.295. The maximum absolute atomic E-state index is 6.01. The van der Waals surface area contributed by atoms with Gasteiger partial charge in [-0.05, 0) is 11.6 Å². The van der Waals surface area contributed by atoms with E-state index in [1.54, 1.807) is 0 Å². The van der Waals surface area contributed by atoms with E-state index in [-0.39, 0.29) is 5.28 Å². The number of morpholine rings is 1. The van der Waals surface area contributed by atoms with Crippen molar-refractivity contribution < 1.29 is 4.74 Å². The Hall–Kier alpha value is -1.86. The fourth-order valence-electron chi connectivity index (χ4n) is 3.14. The smallest absolute Gasteiger partial charge is 0.224 e. The molecule has 0 spiro atoms. The number of hydrogen-bond donors (Lipinski definition) is 0. The van der Waals surface area contributed by atoms with E-state index in [1.807, 2.05) is 30.3 Å². The van der Waals surface area contributed by atoms with Gasteiger partial charge in [0, 0.05) is 38.4 Å². The lowest BCUT2D eigenvalue weighted by atomic mass is 10.1. The van der Waals surface area contributed by atoms with Gasteiger partial charge in [0.15, 0.2) is 5.82 Å². The predicted octanol–water partition coefficient (Wildman–Crippen LogP) is 1.09. The van der Waals surface area contributed by atoms with Gasteiger partial charge in [0.2, 0.25) is 5.28 Å². The molecular weight excluding hydrogens is 304 g/mol. The number of aryl methyl sites for hydroxylation is 1. The summed E-state index contributed by atoms with van der Waals surface area (Å²) in [5.74, 6) is 0.906. The van der Waals surface area contributed by atoms with Crippen LogP contribution in [0.25, 0.3) is 0 Å². The van der Waals surface area contributed by atoms with Crippen LogP contribution in [0.3, 0.4) is 0 Å². The molecule has 0 amide bonds. The lowest BCUT2D eigenvalue weighted by Crippen LogP contribution is -2.55. The zero-order valence-corrected chi connectivity index (χ0v) is 13.1. The first-order valence-corrected chi connectivity index (χ1v) is 7.68. The Kier molecular flexibility index (Phi) is 3.38. The molecule has 0 aromatic carbocycles. The average Bonchev–Trinajstić information content (AvgIpc) is 2.92. The molecule has 0 bridgehead atoms. The number of fused-ring (bicyclic) bond motifs is 3. The van der Waals surface area contributed by atoms with Gasteiger partial charge in [0.25, 0.3) is 0 Å². The predicted molar refractivity (Wildman–Crippen MR) is 83.3 cm³/mol. The Morgan fingerprint density at radius 2 is 2.32 bits per heavy atom. The quantitative estimate of drug-likeness (QED) is 0.772. The van der Waals surface area contributed by atoms with Crippen LogP contribution in [0.2, 0.25) is 5.28 Å². The largest absolute Gasteiger partial charge is 0.377 e. The number of anilines is 2. The van der Waals surface area contributed by atoms with Crippen molar-refractivity contribution in [3.05, 3.63) is 29.4 Å². The standard InChI is InChI=1S/C14H17ClN6O/c1-19-6-10(4-17-19)7-20-8-11-9-22-3-2-21(11)13-12(20)5-16-14(15)18-13/h4-6,11H,2-3,7-9H2,1H3/t11-/m1/s1. The van der Waals surface area contributed by atoms with Crippen molar-refractivity contribution in [3.63, 3.8) is 0 Å². The molecule has 22 heavy (non-hydrogen) atoms. The Labute approximate surface area is 133 Å². The van der Waals surface area contributed by atoms with Crippen molar-refractivity contribution in [2.24, 2.45) is 7.05 Å². The van der Waals surface area contributed by atoms with Crippen LogP contribution >= 0.6 is 11.6 Å². The Morgan fingerprint density at radius 1 is 1.41 bits per heavy atom. The molecule has 0 radical (unpaired) electrons. The van der Waals surface area contributed by atoms with E-state index >= 15 is 0 Å². The third-order valence-corrected chi connectivity index (χ3v) is 4.31. The molecule has 1 fully saturated rings. The molecule has 0 N–H and O–H groups in total. The highest BCUT2D eigenvalue weighted by atomic mass is 35.5. The van der Waals surface area contributed by atoms with E-state index in [4.69, 9.17) is 16.3 Å². The summed E-state index contributed by atoms with van der Waals surface area (Å²) in [6.07, 6.45) is 5.73. The number of hydrogen-bond acceptors (Lipinski definition) is 6. The molecule has 2 aromatic heterocycles. The van der Waals surface area contributed by atoms with E-state index in [2.05, 4.69) is 24.9 Å². The SMILES string of the molecule is Cn1cc(CN2C[C@@H]3COCCN3c3nc(Cl)ncc32)cn1. The van der Waals surface area contributed by atoms with Crippen molar-refractivity contribution in [1.82, 2.24) is 19.7 Å². The first kappa shape index (κ1) is 13.8. The van der Waals surface area contributed by atoms with Gasteiger partial charge in [-0.3, -0.25) is 4.68 Å². The summed E-state index contributed by atoms with van der Waals surface area (Å²) in [5.41, 5.74) is 2.18. The highest BCUT2D eigenvalue weighted by Crippen LogP contribution is 2.35. The van der Waals surface area contributed by atoms with Crippen molar-refractivity contribution in [1.29, 1.82) is 0 Å². The molecule has 8 heteroatoms. The highest BCUT2D eigenvalue weighted by molar-refractivity contribution is 6.28. The topological polar surface area (TPSA) is 59.3 Å². The molecule has 1 atom stereocenters. The minimum atomic E-state index is 0.284. The van der Waals surface area contributed by atoms with E-state index in [1.165, 1.54) is 0 Å². The van der Waals surface area contributed by atoms with Crippen LogP contribution in [0.5, 0.6) is 0 Å². The van der Waals surface area contributed by atoms with Crippen LogP contribution in [-0.4, -0.2) is 52.1 Å². The lowest BCUT2D eigenvalue weighted by molar-refractivity contribution is 0.0936. The third kappa shape index (κ3) is 2.40. The second-order valence-corrected chi connectivity index (χ2v) is 6.01. The number of halogens is 1. The van der Waals surface area contributed by atoms with Crippen LogP contribution in [0, 0.1) is 0 Å². The molecule has 1 saturated heterocycles. The number of nitrogens with zero attached hydrogens (tertiary/aromatic N) is 6. The van der Waals surface area contributed by atoms with E-state index < -0.39 is 0 Å². The zero-order valence-electron chi connectivity index (χ0n) is 12.3. The van der Waals surface area contributed by atoms with Gasteiger partial charge in [0.1, 0.15) is 0 Å². The fourth-order valence-corrected chi connectivity index (χ4v) is 3.27. The first-order chi connectivity index (χ1) is 10.7. The molecule has 0 unspecified atom stereocenters. The van der Waals surface area contributed by atoms with Gasteiger partial charge >= 0.3 is 0 Å². The Bertz CT molecular complexity index is 690. The number of ether oxygens (including phenoxy) is 1. The summed E-state index contributed by atoms with van der Waals surface area (Å²) >= 11 is 6.01. The fraction of sp³-hybridized carbons (Fsp3) is 0.500. The minimum Gasteiger partial charge on any atom is -0.377 e. The van der Waals surface area contributed by atoms with Crippen LogP contribution in [0.15, 0.2) is 18.6 Å². The van der Waals surface area contributed by atoms with Crippen LogP contribution in [-0.2, 0) is 18.3 Å². The zero-order chi connectivity index (χ0) is 15.1. The van der Waals surface area contributed by atoms with Crippen LogP contribution in [0.4, 0.5) is 11.5 Å². The third-order valence-electron chi connectivity index (χ3n) is 4.12. The highest BCUT2D eigenvalue weighted by Gasteiger charge is 2.34. The van der Waals surface area contributed by atoms with E-state index in [0.717, 1.165) is 43.3 Å². The van der Waals surface area contributed by atoms with Gasteiger partial charge in [-0.2, -0.15) is 10.1 Å². The summed E-state index contributed by atoms with van der Waals surface area (Å²) in [5, 5.41) is 4.52. The average molecular weight is 321 g/mol. The second kappa shape index (κ2) is 5.40. The van der Waals surface area contributed by atoms with Gasteiger partial charge in [-0.15, -0.1) is 0 Å². The normalized spacial score (nSPS) is 20.7. The molecule has 2 aromatic rings. The van der Waals surface area contributed by atoms with Crippen LogP contribution in [0.1, 0.15) is 5.56 Å². The lowest BCUT2D eigenvalue weighted by Gasteiger charge is -2.45.